The van der Waals surface area contributed by atoms with Crippen molar-refractivity contribution >= 4 is 6.03 Å². The monoisotopic (exact) mass is 334 g/mol. The molecule has 1 aliphatic rings. The minimum Gasteiger partial charge on any atom is -0.334 e. The Hall–Kier alpha value is -2.84. The van der Waals surface area contributed by atoms with Crippen LogP contribution >= 0.6 is 0 Å². The smallest absolute Gasteiger partial charge is 0.317 e. The largest absolute Gasteiger partial charge is 0.334 e. The molecule has 25 heavy (non-hydrogen) atoms. The SMILES string of the molecule is N#Cc1ccc(CNC(=O)N2CCN(Cc3ccccc3)CC2)cc1. The third kappa shape index (κ3) is 4.82. The molecule has 0 aliphatic carbocycles. The Morgan fingerprint density at radius 3 is 2.28 bits per heavy atom. The molecular formula is C20H22N4O. The minimum atomic E-state index is -0.0243. The van der Waals surface area contributed by atoms with Crippen LogP contribution in [0.1, 0.15) is 16.7 Å². The molecule has 1 heterocycles. The number of hydrogen-bond acceptors (Lipinski definition) is 3. The minimum absolute atomic E-state index is 0.0243. The first-order valence-electron chi connectivity index (χ1n) is 8.53. The molecule has 0 atom stereocenters. The Labute approximate surface area is 148 Å². The Morgan fingerprint density at radius 1 is 0.960 bits per heavy atom. The van der Waals surface area contributed by atoms with E-state index >= 15 is 0 Å². The van der Waals surface area contributed by atoms with Crippen molar-refractivity contribution in [1.29, 1.82) is 5.26 Å². The van der Waals surface area contributed by atoms with Crippen LogP contribution in [0.3, 0.4) is 0 Å². The molecule has 2 aromatic carbocycles. The van der Waals surface area contributed by atoms with E-state index in [2.05, 4.69) is 40.6 Å². The molecule has 1 aliphatic heterocycles. The second-order valence-electron chi connectivity index (χ2n) is 6.22. The molecule has 0 unspecified atom stereocenters. The number of nitrogens with zero attached hydrogens (tertiary/aromatic N) is 3. The van der Waals surface area contributed by atoms with Gasteiger partial charge >= 0.3 is 6.03 Å². The quantitative estimate of drug-likeness (QED) is 0.935. The molecule has 1 fully saturated rings. The van der Waals surface area contributed by atoms with E-state index in [0.717, 1.165) is 38.3 Å². The Kier molecular flexibility index (Phi) is 5.65. The number of piperazine rings is 1. The molecule has 0 radical (unpaired) electrons. The van der Waals surface area contributed by atoms with E-state index in [1.165, 1.54) is 5.56 Å². The summed E-state index contributed by atoms with van der Waals surface area (Å²) in [6, 6.07) is 19.8. The number of hydrogen-bond donors (Lipinski definition) is 1. The van der Waals surface area contributed by atoms with Gasteiger partial charge in [0, 0.05) is 39.3 Å². The van der Waals surface area contributed by atoms with Gasteiger partial charge in [0.05, 0.1) is 11.6 Å². The number of urea groups is 1. The van der Waals surface area contributed by atoms with E-state index < -0.39 is 0 Å². The van der Waals surface area contributed by atoms with Crippen LogP contribution in [0.4, 0.5) is 4.79 Å². The van der Waals surface area contributed by atoms with Crippen LogP contribution < -0.4 is 5.32 Å². The van der Waals surface area contributed by atoms with E-state index in [-0.39, 0.29) is 6.03 Å². The number of carbonyl (C=O) groups excluding carboxylic acids is 1. The predicted octanol–water partition coefficient (Wildman–Crippen LogP) is 2.59. The fourth-order valence-corrected chi connectivity index (χ4v) is 2.94. The summed E-state index contributed by atoms with van der Waals surface area (Å²) >= 11 is 0. The van der Waals surface area contributed by atoms with Crippen molar-refractivity contribution in [1.82, 2.24) is 15.1 Å². The molecule has 128 valence electrons. The van der Waals surface area contributed by atoms with Gasteiger partial charge in [0.15, 0.2) is 0 Å². The van der Waals surface area contributed by atoms with Gasteiger partial charge in [0.25, 0.3) is 0 Å². The Balaban J connectivity index is 1.42. The summed E-state index contributed by atoms with van der Waals surface area (Å²) in [4.78, 5) is 16.5. The first-order chi connectivity index (χ1) is 12.2. The molecule has 0 saturated carbocycles. The predicted molar refractivity (Wildman–Crippen MR) is 96.7 cm³/mol. The Morgan fingerprint density at radius 2 is 1.64 bits per heavy atom. The zero-order chi connectivity index (χ0) is 17.5. The zero-order valence-corrected chi connectivity index (χ0v) is 14.2. The Bertz CT molecular complexity index is 729. The maximum Gasteiger partial charge on any atom is 0.317 e. The molecule has 5 heteroatoms. The maximum atomic E-state index is 12.3. The average Bonchev–Trinajstić information content (AvgIpc) is 2.68. The normalized spacial score (nSPS) is 14.8. The summed E-state index contributed by atoms with van der Waals surface area (Å²) in [6.45, 7) is 4.67. The molecule has 1 saturated heterocycles. The van der Waals surface area contributed by atoms with Gasteiger partial charge in [-0.2, -0.15) is 5.26 Å². The van der Waals surface area contributed by atoms with E-state index in [0.29, 0.717) is 12.1 Å². The number of carbonyl (C=O) groups is 1. The highest BCUT2D eigenvalue weighted by atomic mass is 16.2. The molecule has 0 aromatic heterocycles. The number of amides is 2. The second-order valence-corrected chi connectivity index (χ2v) is 6.22. The lowest BCUT2D eigenvalue weighted by Gasteiger charge is -2.34. The van der Waals surface area contributed by atoms with E-state index in [4.69, 9.17) is 5.26 Å². The molecule has 2 aromatic rings. The first-order valence-corrected chi connectivity index (χ1v) is 8.53. The summed E-state index contributed by atoms with van der Waals surface area (Å²) in [5, 5.41) is 11.8. The van der Waals surface area contributed by atoms with Gasteiger partial charge in [-0.05, 0) is 23.3 Å². The standard InChI is InChI=1S/C20H22N4O/c21-14-17-6-8-18(9-7-17)15-22-20(25)24-12-10-23(11-13-24)16-19-4-2-1-3-5-19/h1-9H,10-13,15-16H2,(H,22,25). The number of nitriles is 1. The maximum absolute atomic E-state index is 12.3. The van der Waals surface area contributed by atoms with Crippen molar-refractivity contribution in [2.75, 3.05) is 26.2 Å². The highest BCUT2D eigenvalue weighted by molar-refractivity contribution is 5.74. The summed E-state index contributed by atoms with van der Waals surface area (Å²) < 4.78 is 0. The van der Waals surface area contributed by atoms with Gasteiger partial charge in [0.1, 0.15) is 0 Å². The van der Waals surface area contributed by atoms with Crippen molar-refractivity contribution in [2.24, 2.45) is 0 Å². The lowest BCUT2D eigenvalue weighted by Crippen LogP contribution is -2.51. The number of benzene rings is 2. The summed E-state index contributed by atoms with van der Waals surface area (Å²) in [5.41, 5.74) is 2.93. The third-order valence-electron chi connectivity index (χ3n) is 4.44. The molecule has 1 N–H and O–H groups in total. The van der Waals surface area contributed by atoms with Gasteiger partial charge in [-0.25, -0.2) is 4.79 Å². The molecule has 2 amide bonds. The average molecular weight is 334 g/mol. The third-order valence-corrected chi connectivity index (χ3v) is 4.44. The lowest BCUT2D eigenvalue weighted by molar-refractivity contribution is 0.135. The van der Waals surface area contributed by atoms with Crippen LogP contribution in [0.25, 0.3) is 0 Å². The van der Waals surface area contributed by atoms with Gasteiger partial charge in [-0.15, -0.1) is 0 Å². The van der Waals surface area contributed by atoms with Crippen molar-refractivity contribution in [2.45, 2.75) is 13.1 Å². The molecule has 5 nitrogen and oxygen atoms in total. The number of rotatable bonds is 4. The van der Waals surface area contributed by atoms with Crippen LogP contribution in [0, 0.1) is 11.3 Å². The number of nitrogens with one attached hydrogen (secondary N) is 1. The van der Waals surface area contributed by atoms with Crippen LogP contribution in [0.15, 0.2) is 54.6 Å². The van der Waals surface area contributed by atoms with Crippen molar-refractivity contribution < 1.29 is 4.79 Å². The van der Waals surface area contributed by atoms with Gasteiger partial charge in [-0.3, -0.25) is 4.90 Å². The summed E-state index contributed by atoms with van der Waals surface area (Å²) in [7, 11) is 0. The summed E-state index contributed by atoms with van der Waals surface area (Å²) in [6.07, 6.45) is 0. The topological polar surface area (TPSA) is 59.4 Å². The van der Waals surface area contributed by atoms with E-state index in [1.54, 1.807) is 12.1 Å². The van der Waals surface area contributed by atoms with Crippen LogP contribution in [0.2, 0.25) is 0 Å². The highest BCUT2D eigenvalue weighted by Crippen LogP contribution is 2.09. The van der Waals surface area contributed by atoms with E-state index in [1.807, 2.05) is 23.1 Å². The van der Waals surface area contributed by atoms with Crippen LogP contribution in [-0.2, 0) is 13.1 Å². The van der Waals surface area contributed by atoms with Crippen molar-refractivity contribution in [3.8, 4) is 6.07 Å². The van der Waals surface area contributed by atoms with Crippen molar-refractivity contribution in [3.63, 3.8) is 0 Å². The highest BCUT2D eigenvalue weighted by Gasteiger charge is 2.20. The zero-order valence-electron chi connectivity index (χ0n) is 14.2. The molecule has 0 spiro atoms. The fraction of sp³-hybridized carbons (Fsp3) is 0.300. The van der Waals surface area contributed by atoms with Gasteiger partial charge in [-0.1, -0.05) is 42.5 Å². The van der Waals surface area contributed by atoms with Gasteiger partial charge in [0.2, 0.25) is 0 Å². The van der Waals surface area contributed by atoms with Crippen LogP contribution in [0.5, 0.6) is 0 Å². The molecule has 0 bridgehead atoms. The summed E-state index contributed by atoms with van der Waals surface area (Å²) in [5.74, 6) is 0. The fourth-order valence-electron chi connectivity index (χ4n) is 2.94. The first kappa shape index (κ1) is 17.0. The molecular weight excluding hydrogens is 312 g/mol. The second kappa shape index (κ2) is 8.32. The molecule has 3 rings (SSSR count). The van der Waals surface area contributed by atoms with Crippen molar-refractivity contribution in [3.05, 3.63) is 71.3 Å². The van der Waals surface area contributed by atoms with E-state index in [9.17, 15) is 4.79 Å². The lowest BCUT2D eigenvalue weighted by atomic mass is 10.1. The van der Waals surface area contributed by atoms with Gasteiger partial charge < -0.3 is 10.2 Å². The van der Waals surface area contributed by atoms with Crippen LogP contribution in [-0.4, -0.2) is 42.0 Å².